The monoisotopic (exact) mass is 353 g/mol. The fraction of sp³-hybridized carbons (Fsp3) is 0.474. The highest BCUT2D eigenvalue weighted by molar-refractivity contribution is 5.95. The molecule has 2 aliphatic heterocycles. The van der Waals surface area contributed by atoms with Gasteiger partial charge in [-0.25, -0.2) is 9.78 Å². The van der Waals surface area contributed by atoms with Crippen molar-refractivity contribution in [2.75, 3.05) is 31.1 Å². The van der Waals surface area contributed by atoms with Gasteiger partial charge < -0.3 is 9.80 Å². The Hall–Kier alpha value is -2.70. The molecule has 3 heterocycles. The van der Waals surface area contributed by atoms with Gasteiger partial charge in [0.25, 0.3) is 0 Å². The predicted molar refractivity (Wildman–Crippen MR) is 98.8 cm³/mol. The molecule has 136 valence electrons. The lowest BCUT2D eigenvalue weighted by Gasteiger charge is -2.32. The van der Waals surface area contributed by atoms with Crippen molar-refractivity contribution in [1.29, 1.82) is 0 Å². The average molecular weight is 353 g/mol. The van der Waals surface area contributed by atoms with Gasteiger partial charge in [-0.15, -0.1) is 0 Å². The number of amides is 3. The Morgan fingerprint density at radius 2 is 1.69 bits per heavy atom. The highest BCUT2D eigenvalue weighted by atomic mass is 16.2. The summed E-state index contributed by atoms with van der Waals surface area (Å²) in [6.45, 7) is 2.97. The lowest BCUT2D eigenvalue weighted by molar-refractivity contribution is -0.124. The number of urea groups is 1. The molecule has 0 bridgehead atoms. The van der Waals surface area contributed by atoms with Crippen LogP contribution in [0.5, 0.6) is 0 Å². The van der Waals surface area contributed by atoms with E-state index in [1.807, 2.05) is 24.3 Å². The standard InChI is InChI=1S/C19H23N5O2/c25-18(22-19(26)24-9-3-4-10-24)14-7-11-23(12-8-14)17-13-20-15-5-1-2-6-16(15)21-17/h1-2,5-6,13-14H,3-4,7-12H2,(H,22,25,26). The van der Waals surface area contributed by atoms with Gasteiger partial charge in [0, 0.05) is 32.1 Å². The Labute approximate surface area is 152 Å². The molecule has 7 nitrogen and oxygen atoms in total. The van der Waals surface area contributed by atoms with Crippen LogP contribution in [0.1, 0.15) is 25.7 Å². The third kappa shape index (κ3) is 3.47. The van der Waals surface area contributed by atoms with E-state index in [1.165, 1.54) is 0 Å². The van der Waals surface area contributed by atoms with Crippen LogP contribution >= 0.6 is 0 Å². The van der Waals surface area contributed by atoms with E-state index in [0.29, 0.717) is 12.8 Å². The summed E-state index contributed by atoms with van der Waals surface area (Å²) in [7, 11) is 0. The predicted octanol–water partition coefficient (Wildman–Crippen LogP) is 2.18. The van der Waals surface area contributed by atoms with E-state index in [1.54, 1.807) is 11.1 Å². The lowest BCUT2D eigenvalue weighted by atomic mass is 9.96. The molecule has 4 rings (SSSR count). The number of imide groups is 1. The smallest absolute Gasteiger partial charge is 0.324 e. The lowest BCUT2D eigenvalue weighted by Crippen LogP contribution is -2.46. The number of likely N-dealkylation sites (tertiary alicyclic amines) is 1. The Balaban J connectivity index is 1.34. The zero-order chi connectivity index (χ0) is 17.9. The number of rotatable bonds is 2. The number of aromatic nitrogens is 2. The summed E-state index contributed by atoms with van der Waals surface area (Å²) in [5.74, 6) is 0.577. The Morgan fingerprint density at radius 3 is 2.42 bits per heavy atom. The maximum atomic E-state index is 12.4. The van der Waals surface area contributed by atoms with E-state index in [2.05, 4.69) is 20.2 Å². The molecule has 2 fully saturated rings. The normalized spacial score (nSPS) is 18.3. The molecule has 2 aliphatic rings. The van der Waals surface area contributed by atoms with Gasteiger partial charge in [0.05, 0.1) is 17.2 Å². The van der Waals surface area contributed by atoms with Gasteiger partial charge in [-0.05, 0) is 37.8 Å². The van der Waals surface area contributed by atoms with Gasteiger partial charge in [-0.3, -0.25) is 15.1 Å². The second-order valence-electron chi connectivity index (χ2n) is 6.97. The van der Waals surface area contributed by atoms with Crippen LogP contribution < -0.4 is 10.2 Å². The molecule has 0 saturated carbocycles. The van der Waals surface area contributed by atoms with Crippen LogP contribution in [0.15, 0.2) is 30.5 Å². The molecule has 0 radical (unpaired) electrons. The molecule has 1 N–H and O–H groups in total. The molecule has 2 aromatic rings. The molecule has 1 aromatic carbocycles. The van der Waals surface area contributed by atoms with E-state index in [9.17, 15) is 9.59 Å². The second-order valence-corrected chi connectivity index (χ2v) is 6.97. The Bertz CT molecular complexity index is 810. The Morgan fingerprint density at radius 1 is 1.00 bits per heavy atom. The molecule has 1 aromatic heterocycles. The number of carbonyl (C=O) groups excluding carboxylic acids is 2. The van der Waals surface area contributed by atoms with Crippen molar-refractivity contribution < 1.29 is 9.59 Å². The molecule has 3 amide bonds. The highest BCUT2D eigenvalue weighted by Gasteiger charge is 2.28. The minimum atomic E-state index is -0.240. The summed E-state index contributed by atoms with van der Waals surface area (Å²) >= 11 is 0. The number of hydrogen-bond donors (Lipinski definition) is 1. The van der Waals surface area contributed by atoms with Crippen molar-refractivity contribution in [3.05, 3.63) is 30.5 Å². The molecule has 7 heteroatoms. The summed E-state index contributed by atoms with van der Waals surface area (Å²) in [6.07, 6.45) is 5.26. The maximum absolute atomic E-state index is 12.4. The molecule has 0 aliphatic carbocycles. The van der Waals surface area contributed by atoms with Crippen LogP contribution in [-0.4, -0.2) is 53.0 Å². The van der Waals surface area contributed by atoms with Gasteiger partial charge in [0.2, 0.25) is 5.91 Å². The van der Waals surface area contributed by atoms with Crippen LogP contribution in [0.25, 0.3) is 11.0 Å². The molecular formula is C19H23N5O2. The summed E-state index contributed by atoms with van der Waals surface area (Å²) in [5.41, 5.74) is 1.76. The van der Waals surface area contributed by atoms with Crippen molar-refractivity contribution >= 4 is 28.8 Å². The van der Waals surface area contributed by atoms with Crippen molar-refractivity contribution in [3.8, 4) is 0 Å². The number of nitrogens with zero attached hydrogens (tertiary/aromatic N) is 4. The first-order chi connectivity index (χ1) is 12.7. The largest absolute Gasteiger partial charge is 0.355 e. The Kier molecular flexibility index (Phi) is 4.69. The summed E-state index contributed by atoms with van der Waals surface area (Å²) < 4.78 is 0. The van der Waals surface area contributed by atoms with Crippen molar-refractivity contribution in [2.24, 2.45) is 5.92 Å². The molecular weight excluding hydrogens is 330 g/mol. The number of piperidine rings is 1. The number of carbonyl (C=O) groups is 2. The van der Waals surface area contributed by atoms with E-state index in [-0.39, 0.29) is 17.9 Å². The first-order valence-electron chi connectivity index (χ1n) is 9.27. The number of para-hydroxylation sites is 2. The highest BCUT2D eigenvalue weighted by Crippen LogP contribution is 2.23. The van der Waals surface area contributed by atoms with E-state index < -0.39 is 0 Å². The molecule has 0 unspecified atom stereocenters. The minimum absolute atomic E-state index is 0.119. The van der Waals surface area contributed by atoms with E-state index in [4.69, 9.17) is 0 Å². The van der Waals surface area contributed by atoms with Crippen LogP contribution in [0.2, 0.25) is 0 Å². The fourth-order valence-electron chi connectivity index (χ4n) is 3.68. The number of benzene rings is 1. The van der Waals surface area contributed by atoms with Crippen molar-refractivity contribution in [2.45, 2.75) is 25.7 Å². The SMILES string of the molecule is O=C(NC(=O)N1CCCC1)C1CCN(c2cnc3ccccc3n2)CC1. The fourth-order valence-corrected chi connectivity index (χ4v) is 3.68. The quantitative estimate of drug-likeness (QED) is 0.895. The maximum Gasteiger partial charge on any atom is 0.324 e. The minimum Gasteiger partial charge on any atom is -0.355 e. The van der Waals surface area contributed by atoms with Gasteiger partial charge in [-0.1, -0.05) is 12.1 Å². The summed E-state index contributed by atoms with van der Waals surface area (Å²) in [4.78, 5) is 37.5. The van der Waals surface area contributed by atoms with Crippen LogP contribution in [0, 0.1) is 5.92 Å². The third-order valence-corrected chi connectivity index (χ3v) is 5.25. The summed E-state index contributed by atoms with van der Waals surface area (Å²) in [6, 6.07) is 7.56. The molecule has 0 spiro atoms. The molecule has 0 atom stereocenters. The topological polar surface area (TPSA) is 78.4 Å². The van der Waals surface area contributed by atoms with Gasteiger partial charge >= 0.3 is 6.03 Å². The van der Waals surface area contributed by atoms with Crippen molar-refractivity contribution in [1.82, 2.24) is 20.2 Å². The second kappa shape index (κ2) is 7.27. The van der Waals surface area contributed by atoms with Gasteiger partial charge in [0.15, 0.2) is 0 Å². The average Bonchev–Trinajstić information content (AvgIpc) is 3.23. The first kappa shape index (κ1) is 16.8. The van der Waals surface area contributed by atoms with E-state index in [0.717, 1.165) is 55.9 Å². The van der Waals surface area contributed by atoms with Crippen LogP contribution in [-0.2, 0) is 4.79 Å². The number of hydrogen-bond acceptors (Lipinski definition) is 5. The molecule has 26 heavy (non-hydrogen) atoms. The molecule has 2 saturated heterocycles. The van der Waals surface area contributed by atoms with E-state index >= 15 is 0 Å². The number of anilines is 1. The zero-order valence-corrected chi connectivity index (χ0v) is 14.7. The first-order valence-corrected chi connectivity index (χ1v) is 9.27. The van der Waals surface area contributed by atoms with Crippen molar-refractivity contribution in [3.63, 3.8) is 0 Å². The zero-order valence-electron chi connectivity index (χ0n) is 14.7. The van der Waals surface area contributed by atoms with Gasteiger partial charge in [-0.2, -0.15) is 0 Å². The third-order valence-electron chi connectivity index (χ3n) is 5.25. The summed E-state index contributed by atoms with van der Waals surface area (Å²) in [5, 5.41) is 2.57. The van der Waals surface area contributed by atoms with Gasteiger partial charge in [0.1, 0.15) is 5.82 Å². The number of nitrogens with one attached hydrogen (secondary N) is 1. The van der Waals surface area contributed by atoms with Crippen LogP contribution in [0.3, 0.4) is 0 Å². The number of fused-ring (bicyclic) bond motifs is 1. The van der Waals surface area contributed by atoms with Crippen LogP contribution in [0.4, 0.5) is 10.6 Å².